The van der Waals surface area contributed by atoms with Gasteiger partial charge in [-0.1, -0.05) is 13.8 Å². The molecule has 1 atom stereocenters. The molecule has 0 aliphatic carbocycles. The highest BCUT2D eigenvalue weighted by Gasteiger charge is 2.31. The molecular weight excluding hydrogens is 283 g/mol. The Labute approximate surface area is 121 Å². The van der Waals surface area contributed by atoms with Gasteiger partial charge in [0, 0.05) is 31.2 Å². The van der Waals surface area contributed by atoms with Gasteiger partial charge in [-0.25, -0.2) is 4.98 Å². The Morgan fingerprint density at radius 2 is 2.14 bits per heavy atom. The predicted octanol–water partition coefficient (Wildman–Crippen LogP) is 2.45. The number of nitrogens with zero attached hydrogens (tertiary/aromatic N) is 2. The number of amides is 1. The van der Waals surface area contributed by atoms with Gasteiger partial charge in [0.2, 0.25) is 5.91 Å². The smallest absolute Gasteiger partial charge is 0.354 e. The number of anilines is 1. The molecule has 1 unspecified atom stereocenters. The molecule has 2 heterocycles. The minimum absolute atomic E-state index is 0.0118. The molecule has 1 saturated heterocycles. The highest BCUT2D eigenvalue weighted by molar-refractivity contribution is 5.78. The van der Waals surface area contributed by atoms with Crippen LogP contribution in [0.5, 0.6) is 0 Å². The van der Waals surface area contributed by atoms with Crippen LogP contribution in [-0.4, -0.2) is 30.0 Å². The normalized spacial score (nSPS) is 19.1. The van der Waals surface area contributed by atoms with Crippen molar-refractivity contribution in [1.29, 1.82) is 0 Å². The Hall–Kier alpha value is -1.79. The lowest BCUT2D eigenvalue weighted by atomic mass is 10.2. The molecule has 1 aliphatic heterocycles. The third-order valence-corrected chi connectivity index (χ3v) is 3.46. The van der Waals surface area contributed by atoms with Gasteiger partial charge >= 0.3 is 6.18 Å². The molecule has 116 valence electrons. The maximum absolute atomic E-state index is 12.5. The molecule has 0 aromatic carbocycles. The summed E-state index contributed by atoms with van der Waals surface area (Å²) in [6.07, 6.45) is -2.76. The van der Waals surface area contributed by atoms with Gasteiger partial charge in [0.05, 0.1) is 5.56 Å². The third-order valence-electron chi connectivity index (χ3n) is 3.46. The van der Waals surface area contributed by atoms with Crippen molar-refractivity contribution in [2.75, 3.05) is 18.0 Å². The van der Waals surface area contributed by atoms with E-state index in [-0.39, 0.29) is 17.9 Å². The molecule has 0 saturated carbocycles. The van der Waals surface area contributed by atoms with E-state index in [9.17, 15) is 18.0 Å². The average Bonchev–Trinajstić information content (AvgIpc) is 2.86. The molecule has 1 aromatic rings. The zero-order valence-electron chi connectivity index (χ0n) is 11.9. The molecule has 1 aromatic heterocycles. The van der Waals surface area contributed by atoms with Gasteiger partial charge < -0.3 is 10.2 Å². The SMILES string of the molecule is CC(C)C(=O)NC1CCN(c2ccc(C(F)(F)F)cn2)C1. The summed E-state index contributed by atoms with van der Waals surface area (Å²) >= 11 is 0. The summed E-state index contributed by atoms with van der Waals surface area (Å²) in [6.45, 7) is 4.87. The van der Waals surface area contributed by atoms with Crippen molar-refractivity contribution in [3.63, 3.8) is 0 Å². The molecular formula is C14H18F3N3O. The van der Waals surface area contributed by atoms with E-state index in [1.54, 1.807) is 0 Å². The zero-order valence-corrected chi connectivity index (χ0v) is 11.9. The number of hydrogen-bond acceptors (Lipinski definition) is 3. The molecule has 4 nitrogen and oxygen atoms in total. The van der Waals surface area contributed by atoms with Crippen molar-refractivity contribution in [1.82, 2.24) is 10.3 Å². The zero-order chi connectivity index (χ0) is 15.6. The molecule has 1 fully saturated rings. The van der Waals surface area contributed by atoms with E-state index in [2.05, 4.69) is 10.3 Å². The van der Waals surface area contributed by atoms with E-state index in [1.807, 2.05) is 18.7 Å². The summed E-state index contributed by atoms with van der Waals surface area (Å²) in [5.41, 5.74) is -0.755. The first-order chi connectivity index (χ1) is 9.77. The fraction of sp³-hybridized carbons (Fsp3) is 0.571. The van der Waals surface area contributed by atoms with E-state index in [0.29, 0.717) is 18.9 Å². The molecule has 1 N–H and O–H groups in total. The molecule has 1 amide bonds. The van der Waals surface area contributed by atoms with E-state index >= 15 is 0 Å². The highest BCUT2D eigenvalue weighted by atomic mass is 19.4. The summed E-state index contributed by atoms with van der Waals surface area (Å²) in [4.78, 5) is 17.4. The average molecular weight is 301 g/mol. The second-order valence-corrected chi connectivity index (χ2v) is 5.50. The number of alkyl halides is 3. The molecule has 21 heavy (non-hydrogen) atoms. The quantitative estimate of drug-likeness (QED) is 0.933. The van der Waals surface area contributed by atoms with Gasteiger partial charge in [-0.3, -0.25) is 4.79 Å². The first-order valence-electron chi connectivity index (χ1n) is 6.86. The summed E-state index contributed by atoms with van der Waals surface area (Å²) in [5.74, 6) is 0.412. The summed E-state index contributed by atoms with van der Waals surface area (Å²) in [7, 11) is 0. The van der Waals surface area contributed by atoms with Crippen LogP contribution in [0.15, 0.2) is 18.3 Å². The van der Waals surface area contributed by atoms with Gasteiger partial charge in [-0.05, 0) is 18.6 Å². The van der Waals surface area contributed by atoms with Gasteiger partial charge in [0.1, 0.15) is 5.82 Å². The lowest BCUT2D eigenvalue weighted by Crippen LogP contribution is -2.39. The first kappa shape index (κ1) is 15.6. The van der Waals surface area contributed by atoms with Crippen LogP contribution in [0.1, 0.15) is 25.8 Å². The van der Waals surface area contributed by atoms with Gasteiger partial charge in [0.25, 0.3) is 0 Å². The van der Waals surface area contributed by atoms with Crippen molar-refractivity contribution >= 4 is 11.7 Å². The first-order valence-corrected chi connectivity index (χ1v) is 6.86. The third kappa shape index (κ3) is 3.86. The van der Waals surface area contributed by atoms with Gasteiger partial charge in [-0.2, -0.15) is 13.2 Å². The Balaban J connectivity index is 1.97. The van der Waals surface area contributed by atoms with Crippen LogP contribution in [0.3, 0.4) is 0 Å². The number of hydrogen-bond donors (Lipinski definition) is 1. The van der Waals surface area contributed by atoms with Crippen molar-refractivity contribution in [2.45, 2.75) is 32.5 Å². The van der Waals surface area contributed by atoms with Gasteiger partial charge in [-0.15, -0.1) is 0 Å². The number of halogens is 3. The van der Waals surface area contributed by atoms with Crippen LogP contribution in [0.25, 0.3) is 0 Å². The van der Waals surface area contributed by atoms with Crippen molar-refractivity contribution in [3.05, 3.63) is 23.9 Å². The van der Waals surface area contributed by atoms with Crippen LogP contribution in [-0.2, 0) is 11.0 Å². The van der Waals surface area contributed by atoms with E-state index < -0.39 is 11.7 Å². The lowest BCUT2D eigenvalue weighted by molar-refractivity contribution is -0.137. The number of pyridine rings is 1. The van der Waals surface area contributed by atoms with E-state index in [4.69, 9.17) is 0 Å². The number of carbonyl (C=O) groups excluding carboxylic acids is 1. The lowest BCUT2D eigenvalue weighted by Gasteiger charge is -2.19. The standard InChI is InChI=1S/C14H18F3N3O/c1-9(2)13(21)19-11-5-6-20(8-11)12-4-3-10(7-18-12)14(15,16)17/h3-4,7,9,11H,5-6,8H2,1-2H3,(H,19,21). The monoisotopic (exact) mass is 301 g/mol. The minimum Gasteiger partial charge on any atom is -0.354 e. The Morgan fingerprint density at radius 3 is 2.67 bits per heavy atom. The Kier molecular flexibility index (Phi) is 4.39. The molecule has 7 heteroatoms. The Morgan fingerprint density at radius 1 is 1.43 bits per heavy atom. The molecule has 2 rings (SSSR count). The van der Waals surface area contributed by atoms with Crippen LogP contribution >= 0.6 is 0 Å². The van der Waals surface area contributed by atoms with Crippen molar-refractivity contribution < 1.29 is 18.0 Å². The van der Waals surface area contributed by atoms with Crippen LogP contribution in [0, 0.1) is 5.92 Å². The van der Waals surface area contributed by atoms with Crippen LogP contribution in [0.2, 0.25) is 0 Å². The van der Waals surface area contributed by atoms with E-state index in [1.165, 1.54) is 6.07 Å². The van der Waals surface area contributed by atoms with Crippen LogP contribution in [0.4, 0.5) is 19.0 Å². The maximum atomic E-state index is 12.5. The predicted molar refractivity (Wildman–Crippen MR) is 72.8 cm³/mol. The largest absolute Gasteiger partial charge is 0.417 e. The number of carbonyl (C=O) groups is 1. The molecule has 0 radical (unpaired) electrons. The highest BCUT2D eigenvalue weighted by Crippen LogP contribution is 2.29. The number of rotatable bonds is 3. The van der Waals surface area contributed by atoms with Gasteiger partial charge in [0.15, 0.2) is 0 Å². The summed E-state index contributed by atoms with van der Waals surface area (Å²) in [6, 6.07) is 2.42. The van der Waals surface area contributed by atoms with Crippen molar-refractivity contribution in [2.24, 2.45) is 5.92 Å². The number of aromatic nitrogens is 1. The topological polar surface area (TPSA) is 45.2 Å². The second kappa shape index (κ2) is 5.91. The summed E-state index contributed by atoms with van der Waals surface area (Å²) < 4.78 is 37.4. The second-order valence-electron chi connectivity index (χ2n) is 5.50. The minimum atomic E-state index is -4.37. The van der Waals surface area contributed by atoms with E-state index in [0.717, 1.165) is 18.7 Å². The summed E-state index contributed by atoms with van der Waals surface area (Å²) in [5, 5.41) is 2.93. The Bertz CT molecular complexity index is 499. The molecule has 0 spiro atoms. The fourth-order valence-corrected chi connectivity index (χ4v) is 2.19. The number of nitrogens with one attached hydrogen (secondary N) is 1. The molecule has 0 bridgehead atoms. The van der Waals surface area contributed by atoms with Crippen molar-refractivity contribution in [3.8, 4) is 0 Å². The van der Waals surface area contributed by atoms with Crippen LogP contribution < -0.4 is 10.2 Å². The fourth-order valence-electron chi connectivity index (χ4n) is 2.19. The maximum Gasteiger partial charge on any atom is 0.417 e. The molecule has 1 aliphatic rings.